The summed E-state index contributed by atoms with van der Waals surface area (Å²) >= 11 is 0. The molecule has 1 N–H and O–H groups in total. The maximum atomic E-state index is 4.77. The minimum Gasteiger partial charge on any atom is -0.370 e. The first-order valence-corrected chi connectivity index (χ1v) is 8.13. The van der Waals surface area contributed by atoms with Gasteiger partial charge in [0.1, 0.15) is 17.5 Å². The maximum absolute atomic E-state index is 4.77. The Labute approximate surface area is 123 Å². The Morgan fingerprint density at radius 1 is 1.30 bits per heavy atom. The number of anilines is 2. The summed E-state index contributed by atoms with van der Waals surface area (Å²) in [6.45, 7) is 9.75. The third-order valence-electron chi connectivity index (χ3n) is 4.01. The summed E-state index contributed by atoms with van der Waals surface area (Å²) in [6, 6.07) is 2.11. The molecule has 1 atom stereocenters. The standard InChI is InChI=1S/C16H28N4/c1-4-8-14-18-15(17-6-3)11-16(19-14)20-10-7-9-13(5-2)12-20/h11,13H,4-10,12H2,1-3H3,(H,17,18,19). The number of nitrogens with zero attached hydrogens (tertiary/aromatic N) is 3. The highest BCUT2D eigenvalue weighted by atomic mass is 15.2. The normalized spacial score (nSPS) is 19.1. The molecule has 1 aromatic heterocycles. The summed E-state index contributed by atoms with van der Waals surface area (Å²) < 4.78 is 0. The average Bonchev–Trinajstić information content (AvgIpc) is 2.48. The molecule has 1 saturated heterocycles. The van der Waals surface area contributed by atoms with Crippen molar-refractivity contribution in [3.8, 4) is 0 Å². The fraction of sp³-hybridized carbons (Fsp3) is 0.750. The highest BCUT2D eigenvalue weighted by Gasteiger charge is 2.20. The van der Waals surface area contributed by atoms with Crippen LogP contribution in [0.2, 0.25) is 0 Å². The third-order valence-corrected chi connectivity index (χ3v) is 4.01. The van der Waals surface area contributed by atoms with Gasteiger partial charge in [-0.3, -0.25) is 0 Å². The first-order chi connectivity index (χ1) is 9.76. The molecule has 1 fully saturated rings. The van der Waals surface area contributed by atoms with Gasteiger partial charge in [0, 0.05) is 32.1 Å². The van der Waals surface area contributed by atoms with Crippen molar-refractivity contribution in [2.45, 2.75) is 52.9 Å². The fourth-order valence-corrected chi connectivity index (χ4v) is 2.86. The van der Waals surface area contributed by atoms with Crippen LogP contribution in [0.4, 0.5) is 11.6 Å². The molecule has 0 bridgehead atoms. The second-order valence-corrected chi connectivity index (χ2v) is 5.67. The zero-order chi connectivity index (χ0) is 14.4. The number of hydrogen-bond donors (Lipinski definition) is 1. The summed E-state index contributed by atoms with van der Waals surface area (Å²) in [6.07, 6.45) is 5.95. The Morgan fingerprint density at radius 3 is 2.85 bits per heavy atom. The Kier molecular flexibility index (Phi) is 5.62. The molecule has 2 heterocycles. The Balaban J connectivity index is 2.19. The van der Waals surface area contributed by atoms with Crippen molar-refractivity contribution in [2.75, 3.05) is 29.9 Å². The quantitative estimate of drug-likeness (QED) is 0.863. The van der Waals surface area contributed by atoms with E-state index in [2.05, 4.69) is 42.0 Å². The lowest BCUT2D eigenvalue weighted by Crippen LogP contribution is -2.36. The van der Waals surface area contributed by atoms with Gasteiger partial charge in [0.15, 0.2) is 0 Å². The van der Waals surface area contributed by atoms with E-state index < -0.39 is 0 Å². The summed E-state index contributed by atoms with van der Waals surface area (Å²) in [5.74, 6) is 3.87. The molecule has 20 heavy (non-hydrogen) atoms. The molecule has 1 unspecified atom stereocenters. The highest BCUT2D eigenvalue weighted by molar-refractivity contribution is 5.49. The van der Waals surface area contributed by atoms with E-state index in [0.717, 1.165) is 55.9 Å². The van der Waals surface area contributed by atoms with Gasteiger partial charge < -0.3 is 10.2 Å². The molecule has 0 radical (unpaired) electrons. The van der Waals surface area contributed by atoms with E-state index in [9.17, 15) is 0 Å². The number of aryl methyl sites for hydroxylation is 1. The average molecular weight is 276 g/mol. The van der Waals surface area contributed by atoms with Crippen LogP contribution in [-0.4, -0.2) is 29.6 Å². The first kappa shape index (κ1) is 15.1. The molecule has 0 spiro atoms. The van der Waals surface area contributed by atoms with Crippen LogP contribution in [0, 0.1) is 5.92 Å². The molecule has 0 amide bonds. The summed E-state index contributed by atoms with van der Waals surface area (Å²) in [5, 5.41) is 3.33. The van der Waals surface area contributed by atoms with Crippen LogP contribution >= 0.6 is 0 Å². The second-order valence-electron chi connectivity index (χ2n) is 5.67. The summed E-state index contributed by atoms with van der Waals surface area (Å²) in [4.78, 5) is 11.8. The molecule has 1 aliphatic rings. The van der Waals surface area contributed by atoms with E-state index in [1.807, 2.05) is 0 Å². The molecular formula is C16H28N4. The van der Waals surface area contributed by atoms with Crippen molar-refractivity contribution in [2.24, 2.45) is 5.92 Å². The maximum Gasteiger partial charge on any atom is 0.134 e. The van der Waals surface area contributed by atoms with Gasteiger partial charge in [0.05, 0.1) is 0 Å². The van der Waals surface area contributed by atoms with E-state index in [4.69, 9.17) is 4.98 Å². The number of piperidine rings is 1. The van der Waals surface area contributed by atoms with Gasteiger partial charge in [0.2, 0.25) is 0 Å². The first-order valence-electron chi connectivity index (χ1n) is 8.13. The molecule has 0 saturated carbocycles. The lowest BCUT2D eigenvalue weighted by atomic mass is 9.96. The predicted octanol–water partition coefficient (Wildman–Crippen LogP) is 3.49. The predicted molar refractivity (Wildman–Crippen MR) is 85.4 cm³/mol. The zero-order valence-electron chi connectivity index (χ0n) is 13.2. The number of aromatic nitrogens is 2. The van der Waals surface area contributed by atoms with Crippen molar-refractivity contribution in [1.29, 1.82) is 0 Å². The summed E-state index contributed by atoms with van der Waals surface area (Å²) in [5.41, 5.74) is 0. The molecule has 2 rings (SSSR count). The number of nitrogens with one attached hydrogen (secondary N) is 1. The molecule has 4 nitrogen and oxygen atoms in total. The van der Waals surface area contributed by atoms with Crippen LogP contribution < -0.4 is 10.2 Å². The van der Waals surface area contributed by atoms with Crippen LogP contribution in [0.3, 0.4) is 0 Å². The third kappa shape index (κ3) is 3.84. The lowest BCUT2D eigenvalue weighted by Gasteiger charge is -2.33. The monoisotopic (exact) mass is 276 g/mol. The van der Waals surface area contributed by atoms with Gasteiger partial charge in [0.25, 0.3) is 0 Å². The van der Waals surface area contributed by atoms with Crippen LogP contribution in [0.25, 0.3) is 0 Å². The molecule has 112 valence electrons. The van der Waals surface area contributed by atoms with Crippen molar-refractivity contribution in [1.82, 2.24) is 9.97 Å². The van der Waals surface area contributed by atoms with Gasteiger partial charge in [-0.1, -0.05) is 20.3 Å². The largest absolute Gasteiger partial charge is 0.370 e. The topological polar surface area (TPSA) is 41.1 Å². The van der Waals surface area contributed by atoms with Crippen molar-refractivity contribution < 1.29 is 0 Å². The second kappa shape index (κ2) is 7.46. The molecule has 0 aliphatic carbocycles. The van der Waals surface area contributed by atoms with E-state index in [1.165, 1.54) is 19.3 Å². The molecule has 1 aromatic rings. The van der Waals surface area contributed by atoms with E-state index in [-0.39, 0.29) is 0 Å². The van der Waals surface area contributed by atoms with Crippen LogP contribution in [0.5, 0.6) is 0 Å². The van der Waals surface area contributed by atoms with Gasteiger partial charge >= 0.3 is 0 Å². The van der Waals surface area contributed by atoms with E-state index in [1.54, 1.807) is 0 Å². The van der Waals surface area contributed by atoms with Gasteiger partial charge in [-0.2, -0.15) is 0 Å². The number of rotatable bonds is 6. The van der Waals surface area contributed by atoms with Crippen LogP contribution in [0.1, 0.15) is 52.3 Å². The minimum absolute atomic E-state index is 0.816. The van der Waals surface area contributed by atoms with E-state index >= 15 is 0 Å². The van der Waals surface area contributed by atoms with Gasteiger partial charge in [-0.25, -0.2) is 9.97 Å². The minimum atomic E-state index is 0.816. The highest BCUT2D eigenvalue weighted by Crippen LogP contribution is 2.25. The summed E-state index contributed by atoms with van der Waals surface area (Å²) in [7, 11) is 0. The molecular weight excluding hydrogens is 248 g/mol. The van der Waals surface area contributed by atoms with Crippen molar-refractivity contribution in [3.63, 3.8) is 0 Å². The fourth-order valence-electron chi connectivity index (χ4n) is 2.86. The van der Waals surface area contributed by atoms with E-state index in [0.29, 0.717) is 0 Å². The Hall–Kier alpha value is -1.32. The van der Waals surface area contributed by atoms with Crippen molar-refractivity contribution in [3.05, 3.63) is 11.9 Å². The Bertz CT molecular complexity index is 395. The number of hydrogen-bond acceptors (Lipinski definition) is 4. The molecule has 1 aliphatic heterocycles. The zero-order valence-corrected chi connectivity index (χ0v) is 13.2. The molecule has 0 aromatic carbocycles. The Morgan fingerprint density at radius 2 is 2.15 bits per heavy atom. The van der Waals surface area contributed by atoms with Crippen LogP contribution in [0.15, 0.2) is 6.07 Å². The SMILES string of the molecule is CCCc1nc(NCC)cc(N2CCCC(CC)C2)n1. The van der Waals surface area contributed by atoms with Gasteiger partial charge in [-0.05, 0) is 32.1 Å². The molecule has 4 heteroatoms. The van der Waals surface area contributed by atoms with Gasteiger partial charge in [-0.15, -0.1) is 0 Å². The van der Waals surface area contributed by atoms with Crippen LogP contribution in [-0.2, 0) is 6.42 Å². The smallest absolute Gasteiger partial charge is 0.134 e. The van der Waals surface area contributed by atoms with Crippen molar-refractivity contribution >= 4 is 11.6 Å². The lowest BCUT2D eigenvalue weighted by molar-refractivity contribution is 0.402.